The smallest absolute Gasteiger partial charge is 0 e. The fourth-order valence-corrected chi connectivity index (χ4v) is 10.5. The van der Waals surface area contributed by atoms with Crippen LogP contribution in [0.2, 0.25) is 17.3 Å². The molecule has 1 fully saturated rings. The average Bonchev–Trinajstić information content (AvgIpc) is 3.47. The van der Waals surface area contributed by atoms with E-state index < -0.39 is 13.3 Å². The number of fused-ring (bicyclic) bond motifs is 3. The first kappa shape index (κ1) is 38.2. The summed E-state index contributed by atoms with van der Waals surface area (Å²) < 4.78 is 7.65. The van der Waals surface area contributed by atoms with E-state index in [0.717, 1.165) is 51.2 Å². The van der Waals surface area contributed by atoms with Crippen LogP contribution in [0.25, 0.3) is 44.5 Å². The van der Waals surface area contributed by atoms with E-state index in [2.05, 4.69) is 124 Å². The van der Waals surface area contributed by atoms with Gasteiger partial charge in [-0.05, 0) is 28.8 Å². The van der Waals surface area contributed by atoms with Crippen molar-refractivity contribution in [3.8, 4) is 22.5 Å². The Balaban J connectivity index is 0.000000192. The van der Waals surface area contributed by atoms with Gasteiger partial charge in [0.25, 0.3) is 0 Å². The van der Waals surface area contributed by atoms with Crippen LogP contribution in [-0.4, -0.2) is 23.2 Å². The third-order valence-electron chi connectivity index (χ3n) is 9.82. The Labute approximate surface area is 316 Å². The molecular weight excluding hydrogens is 849 g/mol. The summed E-state index contributed by atoms with van der Waals surface area (Å²) in [6.45, 7) is 11.2. The van der Waals surface area contributed by atoms with Crippen molar-refractivity contribution in [3.05, 3.63) is 114 Å². The predicted octanol–water partition coefficient (Wildman–Crippen LogP) is 12.1. The molecular formula is C45H52GeIrN2O-2. The summed E-state index contributed by atoms with van der Waals surface area (Å²) in [5.41, 5.74) is 10.2. The number of hydrogen-bond acceptors (Lipinski definition) is 3. The van der Waals surface area contributed by atoms with Gasteiger partial charge in [0.05, 0.1) is 5.58 Å². The summed E-state index contributed by atoms with van der Waals surface area (Å²) in [6, 6.07) is 32.2. The maximum absolute atomic E-state index is 6.09. The Morgan fingerprint density at radius 2 is 1.58 bits per heavy atom. The molecule has 3 heterocycles. The van der Waals surface area contributed by atoms with Crippen LogP contribution in [0.4, 0.5) is 0 Å². The van der Waals surface area contributed by atoms with E-state index >= 15 is 0 Å². The summed E-state index contributed by atoms with van der Waals surface area (Å²) in [7, 11) is 0. The normalized spacial score (nSPS) is 14.0. The minimum Gasteiger partial charge on any atom is 0 e. The summed E-state index contributed by atoms with van der Waals surface area (Å²) in [5, 5.41) is 2.24. The Morgan fingerprint density at radius 1 is 0.840 bits per heavy atom. The van der Waals surface area contributed by atoms with Gasteiger partial charge in [0.1, 0.15) is 5.58 Å². The van der Waals surface area contributed by atoms with Crippen LogP contribution in [0, 0.1) is 18.1 Å². The Kier molecular flexibility index (Phi) is 12.3. The summed E-state index contributed by atoms with van der Waals surface area (Å²) in [6.07, 6.45) is 12.0. The van der Waals surface area contributed by atoms with Crippen LogP contribution in [0.3, 0.4) is 0 Å². The maximum atomic E-state index is 6.09. The van der Waals surface area contributed by atoms with Crippen molar-refractivity contribution >= 4 is 39.6 Å². The molecule has 0 unspecified atom stereocenters. The SMILES string of the molecule is CC(C)(C)c1ccnc(-c2[c-]ccc3c2oc2ccccc23)c1.CC(C)Cc1cc(-c2[c-]ccc(C3CCCCC3)c2)nc[c]1[Ge]([CH3])([CH3])[CH3].[Ir]. The molecule has 0 spiro atoms. The van der Waals surface area contributed by atoms with Gasteiger partial charge in [-0.3, -0.25) is 0 Å². The molecule has 1 saturated carbocycles. The van der Waals surface area contributed by atoms with Gasteiger partial charge in [-0.15, -0.1) is 18.2 Å². The van der Waals surface area contributed by atoms with Crippen molar-refractivity contribution in [2.45, 2.75) is 102 Å². The monoisotopic (exact) mass is 903 g/mol. The van der Waals surface area contributed by atoms with Crippen LogP contribution in [0.15, 0.2) is 89.6 Å². The topological polar surface area (TPSA) is 38.9 Å². The number of furan rings is 1. The van der Waals surface area contributed by atoms with E-state index in [0.29, 0.717) is 5.92 Å². The van der Waals surface area contributed by atoms with Gasteiger partial charge >= 0.3 is 163 Å². The molecule has 0 N–H and O–H groups in total. The molecule has 0 saturated heterocycles. The van der Waals surface area contributed by atoms with Crippen LogP contribution in [-0.2, 0) is 31.9 Å². The Bertz CT molecular complexity index is 2040. The van der Waals surface area contributed by atoms with Crippen molar-refractivity contribution in [1.82, 2.24) is 9.97 Å². The van der Waals surface area contributed by atoms with Crippen LogP contribution in [0.5, 0.6) is 0 Å². The molecule has 3 aromatic carbocycles. The molecule has 7 rings (SSSR count). The minimum absolute atomic E-state index is 0. The number of hydrogen-bond donors (Lipinski definition) is 0. The first-order valence-electron chi connectivity index (χ1n) is 18.2. The van der Waals surface area contributed by atoms with E-state index in [1.807, 2.05) is 30.5 Å². The number of benzene rings is 3. The molecule has 3 nitrogen and oxygen atoms in total. The fourth-order valence-electron chi connectivity index (χ4n) is 7.16. The second kappa shape index (κ2) is 16.1. The predicted molar refractivity (Wildman–Crippen MR) is 210 cm³/mol. The van der Waals surface area contributed by atoms with Crippen molar-refractivity contribution in [3.63, 3.8) is 0 Å². The first-order chi connectivity index (χ1) is 23.4. The molecule has 3 aromatic heterocycles. The molecule has 50 heavy (non-hydrogen) atoms. The van der Waals surface area contributed by atoms with Gasteiger partial charge in [-0.25, -0.2) is 0 Å². The van der Waals surface area contributed by atoms with E-state index in [4.69, 9.17) is 9.40 Å². The number of para-hydroxylation sites is 1. The van der Waals surface area contributed by atoms with Crippen LogP contribution in [0.1, 0.15) is 89.3 Å². The van der Waals surface area contributed by atoms with E-state index in [1.54, 1.807) is 4.40 Å². The van der Waals surface area contributed by atoms with Gasteiger partial charge in [0.2, 0.25) is 0 Å². The average molecular weight is 902 g/mol. The summed E-state index contributed by atoms with van der Waals surface area (Å²) in [4.78, 5) is 9.44. The number of aromatic nitrogens is 2. The molecule has 263 valence electrons. The van der Waals surface area contributed by atoms with Gasteiger partial charge in [-0.2, -0.15) is 0 Å². The van der Waals surface area contributed by atoms with Crippen molar-refractivity contribution in [2.24, 2.45) is 5.92 Å². The van der Waals surface area contributed by atoms with E-state index in [9.17, 15) is 0 Å². The fraction of sp³-hybridized carbons (Fsp3) is 0.378. The molecule has 6 aromatic rings. The molecule has 5 heteroatoms. The first-order valence-corrected chi connectivity index (χ1v) is 25.5. The zero-order chi connectivity index (χ0) is 34.8. The van der Waals surface area contributed by atoms with E-state index in [1.165, 1.54) is 54.4 Å². The van der Waals surface area contributed by atoms with E-state index in [-0.39, 0.29) is 25.5 Å². The Hall–Kier alpha value is -3.05. The standard InChI is InChI=1S/C24H34GeN.C21H18NO.Ir/c1-18(2)14-22-16-24(26-17-23(22)25(3,4)5)21-13-9-12-20(15-21)19-10-7-6-8-11-19;1-21(2,3)14-11-12-22-18(13-14)17-9-6-8-16-15-7-4-5-10-19(15)23-20(16)17;/h9,12,15-19H,6-8,10-11,14H2,1-5H3;4-8,10-13H,1-3H3;/q2*-1;. The van der Waals surface area contributed by atoms with Gasteiger partial charge in [-0.1, -0.05) is 56.0 Å². The van der Waals surface area contributed by atoms with Crippen LogP contribution >= 0.6 is 0 Å². The second-order valence-electron chi connectivity index (χ2n) is 16.3. The molecule has 1 aliphatic rings. The van der Waals surface area contributed by atoms with Crippen molar-refractivity contribution in [2.75, 3.05) is 0 Å². The molecule has 0 amide bonds. The van der Waals surface area contributed by atoms with Gasteiger partial charge < -0.3 is 9.40 Å². The summed E-state index contributed by atoms with van der Waals surface area (Å²) >= 11 is -1.91. The van der Waals surface area contributed by atoms with Crippen molar-refractivity contribution in [1.29, 1.82) is 0 Å². The zero-order valence-corrected chi connectivity index (χ0v) is 35.6. The molecule has 1 aliphatic carbocycles. The summed E-state index contributed by atoms with van der Waals surface area (Å²) in [5.74, 6) is 8.81. The molecule has 1 radical (unpaired) electrons. The number of nitrogens with zero attached hydrogens (tertiary/aromatic N) is 2. The second-order valence-corrected chi connectivity index (χ2v) is 26.9. The Morgan fingerprint density at radius 3 is 2.30 bits per heavy atom. The number of rotatable bonds is 6. The van der Waals surface area contributed by atoms with Crippen molar-refractivity contribution < 1.29 is 24.5 Å². The maximum Gasteiger partial charge on any atom is 0 e. The molecule has 0 bridgehead atoms. The third kappa shape index (κ3) is 8.87. The van der Waals surface area contributed by atoms with Crippen LogP contribution < -0.4 is 4.40 Å². The number of pyridine rings is 2. The molecule has 0 atom stereocenters. The van der Waals surface area contributed by atoms with Gasteiger partial charge in [0.15, 0.2) is 0 Å². The zero-order valence-electron chi connectivity index (χ0n) is 31.1. The molecule has 0 aliphatic heterocycles. The minimum atomic E-state index is -1.91. The quantitative estimate of drug-likeness (QED) is 0.123. The largest absolute Gasteiger partial charge is 0 e. The van der Waals surface area contributed by atoms with Gasteiger partial charge in [0, 0.05) is 31.7 Å². The third-order valence-corrected chi connectivity index (χ3v) is 14.2.